The minimum Gasteiger partial charge on any atom is -0.335 e. The van der Waals surface area contributed by atoms with E-state index in [1.54, 1.807) is 17.0 Å². The van der Waals surface area contributed by atoms with Crippen LogP contribution in [0.15, 0.2) is 48.5 Å². The van der Waals surface area contributed by atoms with Crippen LogP contribution < -0.4 is 0 Å². The Kier molecular flexibility index (Phi) is 4.51. The minimum atomic E-state index is -0.386. The molecule has 0 aliphatic rings. The first-order valence-electron chi connectivity index (χ1n) is 6.71. The molecule has 0 bridgehead atoms. The van der Waals surface area contributed by atoms with Gasteiger partial charge in [0, 0.05) is 18.7 Å². The first kappa shape index (κ1) is 14.3. The molecule has 2 nitrogen and oxygen atoms in total. The van der Waals surface area contributed by atoms with Crippen molar-refractivity contribution in [2.24, 2.45) is 0 Å². The molecule has 0 heterocycles. The number of halogens is 1. The molecule has 2 aromatic carbocycles. The number of hydrogen-bond donors (Lipinski definition) is 0. The lowest BCUT2D eigenvalue weighted by molar-refractivity contribution is 0.0752. The lowest BCUT2D eigenvalue weighted by Crippen LogP contribution is -2.30. The summed E-state index contributed by atoms with van der Waals surface area (Å²) in [5.74, 6) is -0.530. The highest BCUT2D eigenvalue weighted by atomic mass is 19.1. The summed E-state index contributed by atoms with van der Waals surface area (Å²) in [7, 11) is 0. The van der Waals surface area contributed by atoms with E-state index in [0.717, 1.165) is 11.1 Å². The second-order valence-electron chi connectivity index (χ2n) is 4.76. The fourth-order valence-corrected chi connectivity index (χ4v) is 2.12. The predicted molar refractivity (Wildman–Crippen MR) is 78.0 cm³/mol. The van der Waals surface area contributed by atoms with Crippen LogP contribution in [0.1, 0.15) is 28.4 Å². The molecule has 0 aliphatic heterocycles. The predicted octanol–water partition coefficient (Wildman–Crippen LogP) is 3.80. The molecular formula is C17H18FNO. The zero-order valence-corrected chi connectivity index (χ0v) is 11.8. The number of rotatable bonds is 4. The summed E-state index contributed by atoms with van der Waals surface area (Å²) >= 11 is 0. The molecule has 2 rings (SSSR count). The molecule has 1 amide bonds. The summed E-state index contributed by atoms with van der Waals surface area (Å²) in [5, 5.41) is 0. The van der Waals surface area contributed by atoms with Gasteiger partial charge < -0.3 is 4.90 Å². The number of aryl methyl sites for hydroxylation is 1. The van der Waals surface area contributed by atoms with Gasteiger partial charge in [0.2, 0.25) is 0 Å². The van der Waals surface area contributed by atoms with Crippen molar-refractivity contribution >= 4 is 5.91 Å². The highest BCUT2D eigenvalue weighted by Gasteiger charge is 2.15. The van der Waals surface area contributed by atoms with Crippen molar-refractivity contribution in [1.29, 1.82) is 0 Å². The lowest BCUT2D eigenvalue weighted by atomic mass is 10.1. The SMILES string of the molecule is CCN(Cc1ccccc1C)C(=O)c1cccc(F)c1. The standard InChI is InChI=1S/C17H18FNO/c1-3-19(12-15-8-5-4-7-13(15)2)17(20)14-9-6-10-16(18)11-14/h4-11H,3,12H2,1-2H3. The van der Waals surface area contributed by atoms with Crippen LogP contribution in [0, 0.1) is 12.7 Å². The van der Waals surface area contributed by atoms with E-state index >= 15 is 0 Å². The number of carbonyl (C=O) groups is 1. The van der Waals surface area contributed by atoms with Gasteiger partial charge in [0.25, 0.3) is 5.91 Å². The van der Waals surface area contributed by atoms with Gasteiger partial charge in [0.05, 0.1) is 0 Å². The van der Waals surface area contributed by atoms with E-state index < -0.39 is 0 Å². The van der Waals surface area contributed by atoms with Gasteiger partial charge in [-0.25, -0.2) is 4.39 Å². The van der Waals surface area contributed by atoms with Gasteiger partial charge in [-0.1, -0.05) is 30.3 Å². The van der Waals surface area contributed by atoms with Crippen LogP contribution in [0.3, 0.4) is 0 Å². The van der Waals surface area contributed by atoms with Crippen molar-refractivity contribution in [3.05, 3.63) is 71.0 Å². The first-order valence-corrected chi connectivity index (χ1v) is 6.71. The normalized spacial score (nSPS) is 10.3. The van der Waals surface area contributed by atoms with Crippen molar-refractivity contribution in [3.8, 4) is 0 Å². The van der Waals surface area contributed by atoms with Crippen LogP contribution in [-0.2, 0) is 6.54 Å². The molecule has 20 heavy (non-hydrogen) atoms. The van der Waals surface area contributed by atoms with Crippen molar-refractivity contribution in [2.45, 2.75) is 20.4 Å². The Balaban J connectivity index is 2.20. The fraction of sp³-hybridized carbons (Fsp3) is 0.235. The molecule has 0 saturated heterocycles. The van der Waals surface area contributed by atoms with E-state index in [1.165, 1.54) is 12.1 Å². The summed E-state index contributed by atoms with van der Waals surface area (Å²) in [6.45, 7) is 5.08. The molecule has 0 spiro atoms. The third-order valence-electron chi connectivity index (χ3n) is 3.36. The Hall–Kier alpha value is -2.16. The first-order chi connectivity index (χ1) is 9.61. The quantitative estimate of drug-likeness (QED) is 0.828. The maximum atomic E-state index is 13.2. The Bertz CT molecular complexity index is 609. The molecule has 0 fully saturated rings. The molecular weight excluding hydrogens is 253 g/mol. The molecule has 0 N–H and O–H groups in total. The molecule has 0 saturated carbocycles. The molecule has 0 atom stereocenters. The number of nitrogens with zero attached hydrogens (tertiary/aromatic N) is 1. The topological polar surface area (TPSA) is 20.3 Å². The van der Waals surface area contributed by atoms with Crippen LogP contribution in [0.2, 0.25) is 0 Å². The number of carbonyl (C=O) groups excluding carboxylic acids is 1. The second kappa shape index (κ2) is 6.33. The number of hydrogen-bond acceptors (Lipinski definition) is 1. The Morgan fingerprint density at radius 2 is 1.90 bits per heavy atom. The molecule has 104 valence electrons. The summed E-state index contributed by atoms with van der Waals surface area (Å²) in [5.41, 5.74) is 2.65. The fourth-order valence-electron chi connectivity index (χ4n) is 2.12. The summed E-state index contributed by atoms with van der Waals surface area (Å²) in [6.07, 6.45) is 0. The van der Waals surface area contributed by atoms with E-state index in [4.69, 9.17) is 0 Å². The number of amides is 1. The van der Waals surface area contributed by atoms with E-state index in [1.807, 2.05) is 38.1 Å². The van der Waals surface area contributed by atoms with Crippen LogP contribution in [0.25, 0.3) is 0 Å². The van der Waals surface area contributed by atoms with Crippen molar-refractivity contribution in [2.75, 3.05) is 6.54 Å². The Labute approximate surface area is 118 Å². The molecule has 0 aromatic heterocycles. The van der Waals surface area contributed by atoms with E-state index in [2.05, 4.69) is 0 Å². The highest BCUT2D eigenvalue weighted by molar-refractivity contribution is 5.94. The third-order valence-corrected chi connectivity index (χ3v) is 3.36. The van der Waals surface area contributed by atoms with Gasteiger partial charge in [-0.15, -0.1) is 0 Å². The molecule has 0 radical (unpaired) electrons. The zero-order chi connectivity index (χ0) is 14.5. The number of benzene rings is 2. The van der Waals surface area contributed by atoms with Crippen LogP contribution in [-0.4, -0.2) is 17.4 Å². The van der Waals surface area contributed by atoms with Crippen molar-refractivity contribution < 1.29 is 9.18 Å². The van der Waals surface area contributed by atoms with Gasteiger partial charge in [-0.05, 0) is 43.2 Å². The second-order valence-corrected chi connectivity index (χ2v) is 4.76. The summed E-state index contributed by atoms with van der Waals surface area (Å²) in [6, 6.07) is 13.8. The zero-order valence-electron chi connectivity index (χ0n) is 11.8. The van der Waals surface area contributed by atoms with E-state index in [0.29, 0.717) is 18.7 Å². The Morgan fingerprint density at radius 1 is 1.15 bits per heavy atom. The van der Waals surface area contributed by atoms with Gasteiger partial charge in [-0.3, -0.25) is 4.79 Å². The van der Waals surface area contributed by atoms with Crippen LogP contribution >= 0.6 is 0 Å². The minimum absolute atomic E-state index is 0.143. The van der Waals surface area contributed by atoms with Gasteiger partial charge in [0.1, 0.15) is 5.82 Å². The monoisotopic (exact) mass is 271 g/mol. The molecule has 2 aromatic rings. The van der Waals surface area contributed by atoms with Gasteiger partial charge >= 0.3 is 0 Å². The summed E-state index contributed by atoms with van der Waals surface area (Å²) < 4.78 is 13.2. The van der Waals surface area contributed by atoms with Crippen molar-refractivity contribution in [1.82, 2.24) is 4.90 Å². The lowest BCUT2D eigenvalue weighted by Gasteiger charge is -2.22. The molecule has 3 heteroatoms. The maximum absolute atomic E-state index is 13.2. The smallest absolute Gasteiger partial charge is 0.254 e. The highest BCUT2D eigenvalue weighted by Crippen LogP contribution is 2.14. The third kappa shape index (κ3) is 3.23. The average Bonchev–Trinajstić information content (AvgIpc) is 2.46. The largest absolute Gasteiger partial charge is 0.335 e. The van der Waals surface area contributed by atoms with Gasteiger partial charge in [-0.2, -0.15) is 0 Å². The van der Waals surface area contributed by atoms with Gasteiger partial charge in [0.15, 0.2) is 0 Å². The summed E-state index contributed by atoms with van der Waals surface area (Å²) in [4.78, 5) is 14.1. The van der Waals surface area contributed by atoms with Crippen molar-refractivity contribution in [3.63, 3.8) is 0 Å². The Morgan fingerprint density at radius 3 is 2.55 bits per heavy atom. The van der Waals surface area contributed by atoms with Crippen LogP contribution in [0.4, 0.5) is 4.39 Å². The van der Waals surface area contributed by atoms with E-state index in [9.17, 15) is 9.18 Å². The van der Waals surface area contributed by atoms with Crippen LogP contribution in [0.5, 0.6) is 0 Å². The molecule has 0 unspecified atom stereocenters. The average molecular weight is 271 g/mol. The maximum Gasteiger partial charge on any atom is 0.254 e. The van der Waals surface area contributed by atoms with E-state index in [-0.39, 0.29) is 11.7 Å². The molecule has 0 aliphatic carbocycles.